The molecule has 0 aromatic carbocycles. The number of thiazole rings is 1. The second-order valence-corrected chi connectivity index (χ2v) is 3.65. The third-order valence-electron chi connectivity index (χ3n) is 1.75. The summed E-state index contributed by atoms with van der Waals surface area (Å²) in [6.07, 6.45) is 3.66. The van der Waals surface area contributed by atoms with Crippen molar-refractivity contribution in [3.8, 4) is 0 Å². The average Bonchev–Trinajstić information content (AvgIpc) is 2.46. The van der Waals surface area contributed by atoms with Crippen molar-refractivity contribution in [3.63, 3.8) is 0 Å². The van der Waals surface area contributed by atoms with Crippen molar-refractivity contribution < 1.29 is 0 Å². The molecule has 0 aliphatic rings. The van der Waals surface area contributed by atoms with Crippen LogP contribution in [-0.4, -0.2) is 9.38 Å². The zero-order chi connectivity index (χ0) is 7.84. The second kappa shape index (κ2) is 4.81. The lowest BCUT2D eigenvalue weighted by atomic mass is 10.4. The van der Waals surface area contributed by atoms with Crippen LogP contribution in [0.5, 0.6) is 0 Å². The fourth-order valence-corrected chi connectivity index (χ4v) is 2.17. The highest BCUT2D eigenvalue weighted by atomic mass is 35.5. The molecule has 0 fully saturated rings. The van der Waals surface area contributed by atoms with Crippen molar-refractivity contribution in [1.82, 2.24) is 9.38 Å². The second-order valence-electron chi connectivity index (χ2n) is 2.41. The fraction of sp³-hybridized carbons (Fsp3) is 0.286. The maximum absolute atomic E-state index is 5.58. The molecule has 0 radical (unpaired) electrons. The number of halogens is 2. The SMILES string of the molecule is Cc1sc2cncn2c1CN.Cl.Cl. The van der Waals surface area contributed by atoms with Gasteiger partial charge < -0.3 is 5.73 Å². The third kappa shape index (κ3) is 1.96. The van der Waals surface area contributed by atoms with Crippen LogP contribution in [0.2, 0.25) is 0 Å². The standard InChI is InChI=1S/C7H9N3S.2ClH/c1-5-6(2-8)10-4-9-3-7(10)11-5;;/h3-4H,2,8H2,1H3;2*1H. The van der Waals surface area contributed by atoms with Gasteiger partial charge in [0.15, 0.2) is 0 Å². The highest BCUT2D eigenvalue weighted by Crippen LogP contribution is 2.21. The Kier molecular flexibility index (Phi) is 4.70. The summed E-state index contributed by atoms with van der Waals surface area (Å²) in [7, 11) is 0. The Labute approximate surface area is 92.8 Å². The summed E-state index contributed by atoms with van der Waals surface area (Å²) < 4.78 is 2.04. The van der Waals surface area contributed by atoms with Gasteiger partial charge in [-0.2, -0.15) is 0 Å². The van der Waals surface area contributed by atoms with Gasteiger partial charge in [0.05, 0.1) is 11.9 Å². The van der Waals surface area contributed by atoms with Crippen LogP contribution in [0, 0.1) is 6.92 Å². The number of nitrogens with two attached hydrogens (primary N) is 1. The van der Waals surface area contributed by atoms with Crippen molar-refractivity contribution >= 4 is 41.0 Å². The minimum atomic E-state index is 0. The molecule has 0 aliphatic carbocycles. The highest BCUT2D eigenvalue weighted by Gasteiger charge is 2.05. The lowest BCUT2D eigenvalue weighted by molar-refractivity contribution is 0.944. The molecule has 0 saturated heterocycles. The zero-order valence-corrected chi connectivity index (χ0v) is 9.51. The third-order valence-corrected chi connectivity index (χ3v) is 2.81. The number of aryl methyl sites for hydroxylation is 1. The Bertz CT molecular complexity index is 382. The fourth-order valence-electron chi connectivity index (χ4n) is 1.19. The predicted octanol–water partition coefficient (Wildman–Crippen LogP) is 2.01. The highest BCUT2D eigenvalue weighted by molar-refractivity contribution is 7.17. The van der Waals surface area contributed by atoms with Crippen molar-refractivity contribution in [2.75, 3.05) is 0 Å². The van der Waals surface area contributed by atoms with E-state index in [0.29, 0.717) is 6.54 Å². The molecule has 0 atom stereocenters. The summed E-state index contributed by atoms with van der Waals surface area (Å²) in [6, 6.07) is 0. The molecule has 74 valence electrons. The number of nitrogens with zero attached hydrogens (tertiary/aromatic N) is 2. The lowest BCUT2D eigenvalue weighted by Gasteiger charge is -1.93. The molecule has 6 heteroatoms. The quantitative estimate of drug-likeness (QED) is 0.828. The van der Waals surface area contributed by atoms with Crippen LogP contribution >= 0.6 is 36.2 Å². The molecular weight excluding hydrogens is 229 g/mol. The first-order chi connectivity index (χ1) is 5.33. The van der Waals surface area contributed by atoms with Gasteiger partial charge >= 0.3 is 0 Å². The number of aromatic nitrogens is 2. The molecule has 0 spiro atoms. The minimum absolute atomic E-state index is 0. The van der Waals surface area contributed by atoms with Crippen molar-refractivity contribution in [1.29, 1.82) is 0 Å². The molecule has 0 amide bonds. The van der Waals surface area contributed by atoms with E-state index in [2.05, 4.69) is 11.9 Å². The van der Waals surface area contributed by atoms with E-state index in [0.717, 1.165) is 0 Å². The molecule has 13 heavy (non-hydrogen) atoms. The molecule has 2 N–H and O–H groups in total. The average molecular weight is 240 g/mol. The summed E-state index contributed by atoms with van der Waals surface area (Å²) in [4.78, 5) is 6.48. The largest absolute Gasteiger partial charge is 0.325 e. The van der Waals surface area contributed by atoms with Crippen LogP contribution in [0.3, 0.4) is 0 Å². The van der Waals surface area contributed by atoms with Gasteiger partial charge in [-0.15, -0.1) is 36.2 Å². The zero-order valence-electron chi connectivity index (χ0n) is 7.06. The molecule has 2 aromatic rings. The van der Waals surface area contributed by atoms with E-state index < -0.39 is 0 Å². The lowest BCUT2D eigenvalue weighted by Crippen LogP contribution is -2.00. The van der Waals surface area contributed by atoms with Crippen LogP contribution in [0.1, 0.15) is 10.6 Å². The van der Waals surface area contributed by atoms with Gasteiger partial charge in [-0.25, -0.2) is 4.98 Å². The van der Waals surface area contributed by atoms with E-state index in [1.807, 2.05) is 10.6 Å². The van der Waals surface area contributed by atoms with Crippen molar-refractivity contribution in [2.24, 2.45) is 5.73 Å². The van der Waals surface area contributed by atoms with E-state index in [-0.39, 0.29) is 24.8 Å². The molecule has 2 rings (SSSR count). The number of rotatable bonds is 1. The maximum atomic E-state index is 5.58. The Morgan fingerprint density at radius 1 is 1.54 bits per heavy atom. The van der Waals surface area contributed by atoms with Gasteiger partial charge in [-0.1, -0.05) is 0 Å². The maximum Gasteiger partial charge on any atom is 0.119 e. The van der Waals surface area contributed by atoms with E-state index in [1.54, 1.807) is 17.7 Å². The van der Waals surface area contributed by atoms with E-state index in [9.17, 15) is 0 Å². The molecule has 2 aromatic heterocycles. The Balaban J connectivity index is 0.000000720. The first-order valence-corrected chi connectivity index (χ1v) is 4.25. The smallest absolute Gasteiger partial charge is 0.119 e. The van der Waals surface area contributed by atoms with Gasteiger partial charge in [-0.05, 0) is 6.92 Å². The van der Waals surface area contributed by atoms with Crippen LogP contribution in [0.4, 0.5) is 0 Å². The monoisotopic (exact) mass is 239 g/mol. The van der Waals surface area contributed by atoms with Crippen LogP contribution in [-0.2, 0) is 6.54 Å². The summed E-state index contributed by atoms with van der Waals surface area (Å²) in [5.74, 6) is 0. The van der Waals surface area contributed by atoms with Crippen LogP contribution in [0.15, 0.2) is 12.5 Å². The molecule has 3 nitrogen and oxygen atoms in total. The summed E-state index contributed by atoms with van der Waals surface area (Å²) >= 11 is 1.73. The van der Waals surface area contributed by atoms with Crippen LogP contribution in [0.25, 0.3) is 4.83 Å². The number of imidazole rings is 1. The molecule has 0 saturated carbocycles. The van der Waals surface area contributed by atoms with Crippen molar-refractivity contribution in [2.45, 2.75) is 13.5 Å². The van der Waals surface area contributed by atoms with E-state index >= 15 is 0 Å². The van der Waals surface area contributed by atoms with E-state index in [1.165, 1.54) is 15.4 Å². The first-order valence-electron chi connectivity index (χ1n) is 3.43. The summed E-state index contributed by atoms with van der Waals surface area (Å²) in [6.45, 7) is 2.67. The Morgan fingerprint density at radius 3 is 2.85 bits per heavy atom. The van der Waals surface area contributed by atoms with Crippen LogP contribution < -0.4 is 5.73 Å². The number of hydrogen-bond donors (Lipinski definition) is 1. The van der Waals surface area contributed by atoms with Gasteiger partial charge in [0.1, 0.15) is 11.2 Å². The van der Waals surface area contributed by atoms with Gasteiger partial charge in [0.25, 0.3) is 0 Å². The molecule has 0 bridgehead atoms. The van der Waals surface area contributed by atoms with Gasteiger partial charge in [0, 0.05) is 11.4 Å². The summed E-state index contributed by atoms with van der Waals surface area (Å²) in [5.41, 5.74) is 6.75. The Morgan fingerprint density at radius 2 is 2.23 bits per heavy atom. The normalized spacial score (nSPS) is 9.38. The van der Waals surface area contributed by atoms with Gasteiger partial charge in [0.2, 0.25) is 0 Å². The Hall–Kier alpha value is -0.290. The number of hydrogen-bond acceptors (Lipinski definition) is 3. The number of fused-ring (bicyclic) bond motifs is 1. The summed E-state index contributed by atoms with van der Waals surface area (Å²) in [5, 5.41) is 0. The molecule has 2 heterocycles. The molecular formula is C7H11Cl2N3S. The van der Waals surface area contributed by atoms with Crippen molar-refractivity contribution in [3.05, 3.63) is 23.1 Å². The molecule has 0 unspecified atom stereocenters. The topological polar surface area (TPSA) is 43.3 Å². The van der Waals surface area contributed by atoms with Gasteiger partial charge in [-0.3, -0.25) is 4.40 Å². The predicted molar refractivity (Wildman–Crippen MR) is 60.2 cm³/mol. The minimum Gasteiger partial charge on any atom is -0.325 e. The van der Waals surface area contributed by atoms with E-state index in [4.69, 9.17) is 5.73 Å². The molecule has 0 aliphatic heterocycles. The first kappa shape index (κ1) is 12.7.